The largest absolute Gasteiger partial charge is 0.505 e. The van der Waals surface area contributed by atoms with Crippen LogP contribution in [-0.2, 0) is 4.79 Å². The molecule has 14 heavy (non-hydrogen) atoms. The third-order valence-electron chi connectivity index (χ3n) is 1.66. The SMILES string of the molecule is N[C@H](C(=O)O)c1cc(F)cc(F)c1O. The van der Waals surface area contributed by atoms with Gasteiger partial charge in [0.05, 0.1) is 0 Å². The van der Waals surface area contributed by atoms with Crippen LogP contribution in [-0.4, -0.2) is 16.2 Å². The van der Waals surface area contributed by atoms with Gasteiger partial charge in [-0.15, -0.1) is 0 Å². The molecule has 1 rings (SSSR count). The van der Waals surface area contributed by atoms with Gasteiger partial charge >= 0.3 is 5.97 Å². The molecule has 0 fully saturated rings. The Labute approximate surface area is 77.6 Å². The molecule has 0 aliphatic carbocycles. The first kappa shape index (κ1) is 10.4. The summed E-state index contributed by atoms with van der Waals surface area (Å²) in [6.07, 6.45) is 0. The summed E-state index contributed by atoms with van der Waals surface area (Å²) in [6.45, 7) is 0. The van der Waals surface area contributed by atoms with Gasteiger partial charge in [0.1, 0.15) is 11.9 Å². The van der Waals surface area contributed by atoms with Gasteiger partial charge in [-0.3, -0.25) is 4.79 Å². The van der Waals surface area contributed by atoms with Crippen molar-refractivity contribution >= 4 is 5.97 Å². The molecule has 0 aliphatic heterocycles. The zero-order valence-corrected chi connectivity index (χ0v) is 6.87. The minimum atomic E-state index is -1.65. The number of phenols is 1. The van der Waals surface area contributed by atoms with Crippen LogP contribution in [0.3, 0.4) is 0 Å². The van der Waals surface area contributed by atoms with Crippen LogP contribution in [0.15, 0.2) is 12.1 Å². The van der Waals surface area contributed by atoms with E-state index in [1.165, 1.54) is 0 Å². The molecule has 1 aromatic carbocycles. The number of halogens is 2. The molecular weight excluding hydrogens is 196 g/mol. The fourth-order valence-electron chi connectivity index (χ4n) is 0.956. The Bertz CT molecular complexity index is 381. The molecule has 1 aromatic rings. The molecule has 4 nitrogen and oxygen atoms in total. The first-order valence-electron chi connectivity index (χ1n) is 3.59. The van der Waals surface area contributed by atoms with Crippen LogP contribution in [0.2, 0.25) is 0 Å². The minimum absolute atomic E-state index is 0.438. The smallest absolute Gasteiger partial charge is 0.325 e. The molecule has 0 aliphatic rings. The van der Waals surface area contributed by atoms with Crippen molar-refractivity contribution in [1.29, 1.82) is 0 Å². The highest BCUT2D eigenvalue weighted by Gasteiger charge is 2.21. The van der Waals surface area contributed by atoms with Gasteiger partial charge < -0.3 is 15.9 Å². The first-order valence-corrected chi connectivity index (χ1v) is 3.59. The highest BCUT2D eigenvalue weighted by molar-refractivity contribution is 5.76. The van der Waals surface area contributed by atoms with Crippen LogP contribution in [0.25, 0.3) is 0 Å². The van der Waals surface area contributed by atoms with E-state index in [1.807, 2.05) is 0 Å². The molecule has 76 valence electrons. The fraction of sp³-hybridized carbons (Fsp3) is 0.125. The summed E-state index contributed by atoms with van der Waals surface area (Å²) >= 11 is 0. The summed E-state index contributed by atoms with van der Waals surface area (Å²) in [5, 5.41) is 17.5. The Balaban J connectivity index is 3.26. The quantitative estimate of drug-likeness (QED) is 0.662. The van der Waals surface area contributed by atoms with Gasteiger partial charge in [-0.25, -0.2) is 8.78 Å². The van der Waals surface area contributed by atoms with Crippen LogP contribution in [0, 0.1) is 11.6 Å². The number of benzene rings is 1. The van der Waals surface area contributed by atoms with Crippen LogP contribution in [0.1, 0.15) is 11.6 Å². The molecule has 1 atom stereocenters. The van der Waals surface area contributed by atoms with Gasteiger partial charge in [0.2, 0.25) is 0 Å². The molecule has 0 saturated carbocycles. The van der Waals surface area contributed by atoms with Crippen molar-refractivity contribution in [3.05, 3.63) is 29.3 Å². The number of carbonyl (C=O) groups is 1. The van der Waals surface area contributed by atoms with E-state index in [0.29, 0.717) is 12.1 Å². The summed E-state index contributed by atoms with van der Waals surface area (Å²) in [5.74, 6) is -4.66. The van der Waals surface area contributed by atoms with Crippen LogP contribution < -0.4 is 5.73 Å². The highest BCUT2D eigenvalue weighted by Crippen LogP contribution is 2.27. The van der Waals surface area contributed by atoms with Gasteiger partial charge in [0.15, 0.2) is 11.6 Å². The van der Waals surface area contributed by atoms with Crippen molar-refractivity contribution in [3.63, 3.8) is 0 Å². The number of nitrogens with two attached hydrogens (primary N) is 1. The normalized spacial score (nSPS) is 12.5. The molecule has 0 aromatic heterocycles. The van der Waals surface area contributed by atoms with E-state index in [0.717, 1.165) is 0 Å². The fourth-order valence-corrected chi connectivity index (χ4v) is 0.956. The summed E-state index contributed by atoms with van der Waals surface area (Å²) in [7, 11) is 0. The number of phenolic OH excluding ortho intramolecular Hbond substituents is 1. The molecule has 0 spiro atoms. The van der Waals surface area contributed by atoms with Crippen LogP contribution >= 0.6 is 0 Å². The zero-order chi connectivity index (χ0) is 10.9. The number of carboxylic acid groups (broad SMARTS) is 1. The van der Waals surface area contributed by atoms with E-state index in [4.69, 9.17) is 15.9 Å². The second kappa shape index (κ2) is 3.59. The Kier molecular flexibility index (Phi) is 2.66. The Hall–Kier alpha value is -1.69. The molecule has 0 unspecified atom stereocenters. The van der Waals surface area contributed by atoms with E-state index in [2.05, 4.69) is 0 Å². The van der Waals surface area contributed by atoms with Crippen molar-refractivity contribution in [2.45, 2.75) is 6.04 Å². The lowest BCUT2D eigenvalue weighted by Crippen LogP contribution is -2.21. The van der Waals surface area contributed by atoms with Crippen molar-refractivity contribution in [2.75, 3.05) is 0 Å². The molecule has 0 bridgehead atoms. The predicted molar refractivity (Wildman–Crippen MR) is 42.6 cm³/mol. The number of aromatic hydroxyl groups is 1. The summed E-state index contributed by atoms with van der Waals surface area (Å²) < 4.78 is 25.4. The molecule has 0 heterocycles. The maximum atomic E-state index is 12.7. The lowest BCUT2D eigenvalue weighted by atomic mass is 10.1. The van der Waals surface area contributed by atoms with E-state index >= 15 is 0 Å². The average molecular weight is 203 g/mol. The molecule has 0 amide bonds. The zero-order valence-electron chi connectivity index (χ0n) is 6.87. The Morgan fingerprint density at radius 3 is 2.50 bits per heavy atom. The molecule has 6 heteroatoms. The van der Waals surface area contributed by atoms with E-state index in [1.54, 1.807) is 0 Å². The number of rotatable bonds is 2. The van der Waals surface area contributed by atoms with E-state index < -0.39 is 35.0 Å². The van der Waals surface area contributed by atoms with Crippen LogP contribution in [0.5, 0.6) is 5.75 Å². The molecule has 0 radical (unpaired) electrons. The number of aliphatic carboxylic acids is 1. The van der Waals surface area contributed by atoms with Crippen molar-refractivity contribution in [1.82, 2.24) is 0 Å². The Morgan fingerprint density at radius 1 is 1.43 bits per heavy atom. The van der Waals surface area contributed by atoms with Gasteiger partial charge in [-0.1, -0.05) is 0 Å². The molecule has 4 N–H and O–H groups in total. The lowest BCUT2D eigenvalue weighted by molar-refractivity contribution is -0.138. The number of hydrogen-bond donors (Lipinski definition) is 3. The van der Waals surface area contributed by atoms with Gasteiger partial charge in [0, 0.05) is 11.6 Å². The highest BCUT2D eigenvalue weighted by atomic mass is 19.1. The maximum absolute atomic E-state index is 12.7. The predicted octanol–water partition coefficient (Wildman–Crippen LogP) is 0.755. The molecular formula is C8H7F2NO3. The third-order valence-corrected chi connectivity index (χ3v) is 1.66. The summed E-state index contributed by atoms with van der Waals surface area (Å²) in [4.78, 5) is 10.4. The second-order valence-corrected chi connectivity index (χ2v) is 2.64. The lowest BCUT2D eigenvalue weighted by Gasteiger charge is -2.09. The number of hydrogen-bond acceptors (Lipinski definition) is 3. The second-order valence-electron chi connectivity index (χ2n) is 2.64. The van der Waals surface area contributed by atoms with Gasteiger partial charge in [-0.2, -0.15) is 0 Å². The third kappa shape index (κ3) is 1.80. The monoisotopic (exact) mass is 203 g/mol. The van der Waals surface area contributed by atoms with Gasteiger partial charge in [-0.05, 0) is 6.07 Å². The van der Waals surface area contributed by atoms with Crippen molar-refractivity contribution in [2.24, 2.45) is 5.73 Å². The van der Waals surface area contributed by atoms with Gasteiger partial charge in [0.25, 0.3) is 0 Å². The summed E-state index contributed by atoms with van der Waals surface area (Å²) in [5.41, 5.74) is 4.59. The van der Waals surface area contributed by atoms with E-state index in [9.17, 15) is 13.6 Å². The minimum Gasteiger partial charge on any atom is -0.505 e. The standard InChI is InChI=1S/C8H7F2NO3/c9-3-1-4(6(11)8(13)14)7(12)5(10)2-3/h1-2,6,12H,11H2,(H,13,14)/t6-/m0/s1. The van der Waals surface area contributed by atoms with Crippen molar-refractivity contribution < 1.29 is 23.8 Å². The topological polar surface area (TPSA) is 83.6 Å². The maximum Gasteiger partial charge on any atom is 0.325 e. The van der Waals surface area contributed by atoms with E-state index in [-0.39, 0.29) is 0 Å². The van der Waals surface area contributed by atoms with Crippen molar-refractivity contribution in [3.8, 4) is 5.75 Å². The summed E-state index contributed by atoms with van der Waals surface area (Å²) in [6, 6.07) is -0.537. The van der Waals surface area contributed by atoms with Crippen LogP contribution in [0.4, 0.5) is 8.78 Å². The first-order chi connectivity index (χ1) is 6.43. The number of carboxylic acids is 1. The average Bonchev–Trinajstić information content (AvgIpc) is 2.09. The molecule has 0 saturated heterocycles. The Morgan fingerprint density at radius 2 is 2.00 bits per heavy atom.